The van der Waals surface area contributed by atoms with Crippen molar-refractivity contribution < 1.29 is 23.5 Å². The molecule has 3 saturated heterocycles. The molecule has 4 heterocycles. The highest BCUT2D eigenvalue weighted by Crippen LogP contribution is 2.66. The maximum absolute atomic E-state index is 12.1. The third kappa shape index (κ3) is 3.70. The van der Waals surface area contributed by atoms with Crippen LogP contribution in [0.25, 0.3) is 0 Å². The largest absolute Gasteiger partial charge is 0.346 e. The van der Waals surface area contributed by atoms with Crippen molar-refractivity contribution in [1.29, 1.82) is 0 Å². The Kier molecular flexibility index (Phi) is 5.54. The zero-order valence-electron chi connectivity index (χ0n) is 13.2. The first-order valence-electron chi connectivity index (χ1n) is 7.65. The van der Waals surface area contributed by atoms with Crippen LogP contribution in [0.1, 0.15) is 6.23 Å². The van der Waals surface area contributed by atoms with Crippen molar-refractivity contribution in [2.24, 2.45) is 0 Å². The molecule has 1 aromatic rings. The van der Waals surface area contributed by atoms with Crippen LogP contribution in [0.4, 0.5) is 0 Å². The quantitative estimate of drug-likeness (QED) is 0.711. The fourth-order valence-electron chi connectivity index (χ4n) is 2.87. The van der Waals surface area contributed by atoms with Crippen LogP contribution in [0, 0.1) is 0 Å². The first-order chi connectivity index (χ1) is 12.2. The van der Waals surface area contributed by atoms with Crippen LogP contribution in [0.15, 0.2) is 21.9 Å². The lowest BCUT2D eigenvalue weighted by Crippen LogP contribution is -2.36. The van der Waals surface area contributed by atoms with Gasteiger partial charge in [-0.3, -0.25) is 14.3 Å². The van der Waals surface area contributed by atoms with Crippen LogP contribution in [-0.4, -0.2) is 59.6 Å². The predicted molar refractivity (Wildman–Crippen MR) is 93.6 cm³/mol. The summed E-state index contributed by atoms with van der Waals surface area (Å²) in [6.45, 7) is -1.03. The van der Waals surface area contributed by atoms with Gasteiger partial charge in [0.05, 0.1) is 6.61 Å². The molecule has 5 atom stereocenters. The molecule has 3 aliphatic rings. The summed E-state index contributed by atoms with van der Waals surface area (Å²) in [6.07, 6.45) is -0.666. The molecule has 0 amide bonds. The second kappa shape index (κ2) is 7.69. The molecular formula is C13H17N2O7PS2. The van der Waals surface area contributed by atoms with Gasteiger partial charge in [-0.25, -0.2) is 4.79 Å². The third-order valence-electron chi connectivity index (χ3n) is 3.96. The van der Waals surface area contributed by atoms with Crippen LogP contribution < -0.4 is 11.2 Å². The Morgan fingerprint density at radius 3 is 2.76 bits per heavy atom. The van der Waals surface area contributed by atoms with Gasteiger partial charge >= 0.3 is 5.69 Å². The van der Waals surface area contributed by atoms with Gasteiger partial charge in [-0.15, -0.1) is 0 Å². The number of H-pyrrole nitrogens is 1. The van der Waals surface area contributed by atoms with E-state index in [0.29, 0.717) is 6.61 Å². The summed E-state index contributed by atoms with van der Waals surface area (Å²) in [6, 6.07) is 1.27. The highest BCUT2D eigenvalue weighted by atomic mass is 33.1. The summed E-state index contributed by atoms with van der Waals surface area (Å²) in [7, 11) is 1.48. The Hall–Kier alpha value is -0.390. The maximum atomic E-state index is 12.1. The molecule has 4 rings (SSSR count). The smallest absolute Gasteiger partial charge is 0.330 e. The molecule has 12 heteroatoms. The van der Waals surface area contributed by atoms with Crippen LogP contribution in [-0.2, 0) is 23.5 Å². The molecule has 138 valence electrons. The summed E-state index contributed by atoms with van der Waals surface area (Å²) < 4.78 is 29.8. The number of methoxy groups -OCH3 is 1. The standard InChI is InChI=1S/C13H17N2O7PS2/c1-18-13-21-9-7(6-19-23-24-4-5-25-23)20-11(10(9)22-13)15-3-2-8(16)14-12(15)17/h2-3,7,9-11,13H,4-6H2,1H3,(H,14,16,17)/t7-,9+,10?,11-,13?/m1/s1. The number of hydrogen-bond donors (Lipinski definition) is 1. The van der Waals surface area contributed by atoms with Crippen molar-refractivity contribution in [3.63, 3.8) is 0 Å². The second-order valence-electron chi connectivity index (χ2n) is 5.49. The Bertz CT molecular complexity index is 725. The Balaban J connectivity index is 1.53. The molecule has 0 bridgehead atoms. The van der Waals surface area contributed by atoms with Crippen molar-refractivity contribution >= 4 is 29.3 Å². The van der Waals surface area contributed by atoms with E-state index in [2.05, 4.69) is 4.98 Å². The van der Waals surface area contributed by atoms with Gasteiger partial charge in [-0.05, 0) is 0 Å². The minimum absolute atomic E-state index is 0.348. The normalized spacial score (nSPS) is 35.3. The highest BCUT2D eigenvalue weighted by molar-refractivity contribution is 8.88. The van der Waals surface area contributed by atoms with E-state index < -0.39 is 48.8 Å². The lowest BCUT2D eigenvalue weighted by Gasteiger charge is -2.21. The molecule has 1 aromatic heterocycles. The summed E-state index contributed by atoms with van der Waals surface area (Å²) >= 11 is 3.63. The molecule has 0 spiro atoms. The lowest BCUT2D eigenvalue weighted by molar-refractivity contribution is -0.256. The van der Waals surface area contributed by atoms with Gasteiger partial charge in [0.15, 0.2) is 12.8 Å². The van der Waals surface area contributed by atoms with Gasteiger partial charge in [0.25, 0.3) is 12.0 Å². The Labute approximate surface area is 152 Å². The van der Waals surface area contributed by atoms with Crippen LogP contribution in [0.2, 0.25) is 0 Å². The topological polar surface area (TPSA) is 101 Å². The molecule has 0 saturated carbocycles. The summed E-state index contributed by atoms with van der Waals surface area (Å²) in [5.74, 6) is 2.18. The molecule has 0 aromatic carbocycles. The number of aromatic amines is 1. The summed E-state index contributed by atoms with van der Waals surface area (Å²) in [5.41, 5.74) is -1.03. The Morgan fingerprint density at radius 1 is 1.28 bits per heavy atom. The van der Waals surface area contributed by atoms with E-state index in [-0.39, 0.29) is 0 Å². The lowest BCUT2D eigenvalue weighted by atomic mass is 10.1. The van der Waals surface area contributed by atoms with Crippen molar-refractivity contribution in [3.8, 4) is 0 Å². The first kappa shape index (κ1) is 18.0. The number of ether oxygens (including phenoxy) is 4. The minimum atomic E-state index is -0.816. The van der Waals surface area contributed by atoms with Crippen LogP contribution >= 0.6 is 29.3 Å². The Morgan fingerprint density at radius 2 is 2.04 bits per heavy atom. The number of nitrogens with one attached hydrogen (secondary N) is 1. The average Bonchev–Trinajstić information content (AvgIpc) is 3.30. The first-order valence-corrected chi connectivity index (χ1v) is 12.1. The maximum Gasteiger partial charge on any atom is 0.330 e. The van der Waals surface area contributed by atoms with E-state index >= 15 is 0 Å². The molecular weight excluding hydrogens is 391 g/mol. The van der Waals surface area contributed by atoms with Crippen LogP contribution in [0.3, 0.4) is 0 Å². The van der Waals surface area contributed by atoms with E-state index in [1.807, 2.05) is 22.8 Å². The molecule has 2 unspecified atom stereocenters. The van der Waals surface area contributed by atoms with E-state index in [1.165, 1.54) is 23.9 Å². The van der Waals surface area contributed by atoms with Crippen molar-refractivity contribution in [2.45, 2.75) is 31.0 Å². The minimum Gasteiger partial charge on any atom is -0.346 e. The zero-order chi connectivity index (χ0) is 17.4. The third-order valence-corrected chi connectivity index (χ3v) is 10.7. The fraction of sp³-hybridized carbons (Fsp3) is 0.692. The van der Waals surface area contributed by atoms with E-state index in [1.54, 1.807) is 0 Å². The molecule has 3 aliphatic heterocycles. The van der Waals surface area contributed by atoms with Crippen molar-refractivity contribution in [1.82, 2.24) is 9.55 Å². The number of hydrogen-bond acceptors (Lipinski definition) is 9. The van der Waals surface area contributed by atoms with Gasteiger partial charge in [0.2, 0.25) is 0 Å². The second-order valence-corrected chi connectivity index (χ2v) is 11.8. The number of aromatic nitrogens is 2. The van der Waals surface area contributed by atoms with E-state index in [4.69, 9.17) is 23.5 Å². The summed E-state index contributed by atoms with van der Waals surface area (Å²) in [4.78, 5) is 25.6. The molecule has 1 N–H and O–H groups in total. The summed E-state index contributed by atoms with van der Waals surface area (Å²) in [5, 5.41) is 0. The van der Waals surface area contributed by atoms with E-state index in [9.17, 15) is 9.59 Å². The SMILES string of the molecule is COC1OC2[C@@H](O1)[C@@H](COP1SCCS1)O[C@H]2n1ccc(=O)[nH]c1=O. The molecule has 3 fully saturated rings. The zero-order valence-corrected chi connectivity index (χ0v) is 15.8. The molecule has 9 nitrogen and oxygen atoms in total. The molecule has 25 heavy (non-hydrogen) atoms. The number of fused-ring (bicyclic) bond motifs is 1. The van der Waals surface area contributed by atoms with Crippen molar-refractivity contribution in [3.05, 3.63) is 33.1 Å². The van der Waals surface area contributed by atoms with E-state index in [0.717, 1.165) is 11.5 Å². The van der Waals surface area contributed by atoms with Crippen molar-refractivity contribution in [2.75, 3.05) is 25.2 Å². The van der Waals surface area contributed by atoms with Gasteiger partial charge < -0.3 is 23.5 Å². The van der Waals surface area contributed by atoms with Gasteiger partial charge in [-0.1, -0.05) is 22.8 Å². The average molecular weight is 408 g/mol. The van der Waals surface area contributed by atoms with Crippen LogP contribution in [0.5, 0.6) is 0 Å². The van der Waals surface area contributed by atoms with Gasteiger partial charge in [0.1, 0.15) is 18.3 Å². The number of rotatable bonds is 5. The fourth-order valence-corrected chi connectivity index (χ4v) is 9.54. The van der Waals surface area contributed by atoms with Gasteiger partial charge in [0, 0.05) is 30.9 Å². The molecule has 0 aliphatic carbocycles. The highest BCUT2D eigenvalue weighted by Gasteiger charge is 2.54. The molecule has 0 radical (unpaired) electrons. The predicted octanol–water partition coefficient (Wildman–Crippen LogP) is 0.871. The number of nitrogens with zero attached hydrogens (tertiary/aromatic N) is 1. The monoisotopic (exact) mass is 408 g/mol. The van der Waals surface area contributed by atoms with Gasteiger partial charge in [-0.2, -0.15) is 0 Å².